The molecule has 1 amide bonds. The number of carbonyl (C=O) groups is 1. The molecule has 0 aliphatic carbocycles. The van der Waals surface area contributed by atoms with Gasteiger partial charge in [0.15, 0.2) is 6.61 Å². The maximum Gasteiger partial charge on any atom is 0.262 e. The third kappa shape index (κ3) is 4.54. The number of halogens is 2. The molecule has 6 heteroatoms. The number of hydrogen-bond acceptors (Lipinski definition) is 3. The van der Waals surface area contributed by atoms with Gasteiger partial charge < -0.3 is 15.8 Å². The first-order valence-electron chi connectivity index (χ1n) is 6.24. The molecule has 0 fully saturated rings. The van der Waals surface area contributed by atoms with Gasteiger partial charge in [0.05, 0.1) is 0 Å². The van der Waals surface area contributed by atoms with Gasteiger partial charge in [-0.15, -0.1) is 0 Å². The summed E-state index contributed by atoms with van der Waals surface area (Å²) in [5, 5.41) is 2.53. The summed E-state index contributed by atoms with van der Waals surface area (Å²) in [7, 11) is 0. The van der Waals surface area contributed by atoms with E-state index in [-0.39, 0.29) is 18.9 Å². The van der Waals surface area contributed by atoms with Crippen LogP contribution in [0.15, 0.2) is 42.5 Å². The second kappa shape index (κ2) is 6.81. The lowest BCUT2D eigenvalue weighted by Gasteiger charge is -2.09. The molecule has 110 valence electrons. The molecule has 0 radical (unpaired) electrons. The molecule has 3 N–H and O–H groups in total. The molecule has 21 heavy (non-hydrogen) atoms. The number of benzene rings is 2. The quantitative estimate of drug-likeness (QED) is 0.889. The fraction of sp³-hybridized carbons (Fsp3) is 0.133. The molecule has 0 saturated heterocycles. The van der Waals surface area contributed by atoms with Crippen molar-refractivity contribution in [3.8, 4) is 5.75 Å². The summed E-state index contributed by atoms with van der Waals surface area (Å²) >= 11 is 0. The Hall–Kier alpha value is -2.47. The number of carbonyl (C=O) groups excluding carboxylic acids is 1. The number of amides is 1. The molecule has 0 atom stereocenters. The summed E-state index contributed by atoms with van der Waals surface area (Å²) in [6.45, 7) is -0.110. The molecule has 2 aromatic rings. The Morgan fingerprint density at radius 2 is 1.81 bits per heavy atom. The van der Waals surface area contributed by atoms with Crippen molar-refractivity contribution >= 4 is 11.6 Å². The molecule has 0 aromatic heterocycles. The molecule has 2 rings (SSSR count). The van der Waals surface area contributed by atoms with E-state index >= 15 is 0 Å². The van der Waals surface area contributed by atoms with Crippen molar-refractivity contribution in [2.45, 2.75) is 6.54 Å². The van der Waals surface area contributed by atoms with Gasteiger partial charge in [0.1, 0.15) is 17.4 Å². The zero-order chi connectivity index (χ0) is 15.2. The Kier molecular flexibility index (Phi) is 4.84. The van der Waals surface area contributed by atoms with Crippen LogP contribution in [0.2, 0.25) is 0 Å². The van der Waals surface area contributed by atoms with E-state index < -0.39 is 17.5 Å². The first-order valence-corrected chi connectivity index (χ1v) is 6.24. The number of nitrogens with one attached hydrogen (secondary N) is 1. The monoisotopic (exact) mass is 292 g/mol. The fourth-order valence-corrected chi connectivity index (χ4v) is 1.70. The van der Waals surface area contributed by atoms with Crippen LogP contribution in [-0.2, 0) is 11.3 Å². The van der Waals surface area contributed by atoms with Crippen LogP contribution in [-0.4, -0.2) is 12.5 Å². The average Bonchev–Trinajstić information content (AvgIpc) is 2.47. The minimum Gasteiger partial charge on any atom is -0.484 e. The second-order valence-corrected chi connectivity index (χ2v) is 4.34. The van der Waals surface area contributed by atoms with Crippen LogP contribution in [0.5, 0.6) is 5.75 Å². The van der Waals surface area contributed by atoms with Crippen LogP contribution in [0.25, 0.3) is 0 Å². The molecule has 4 nitrogen and oxygen atoms in total. The van der Waals surface area contributed by atoms with Gasteiger partial charge in [-0.3, -0.25) is 4.79 Å². The van der Waals surface area contributed by atoms with Gasteiger partial charge in [-0.1, -0.05) is 0 Å². The molecular formula is C15H14F2N2O2. The maximum atomic E-state index is 13.3. The summed E-state index contributed by atoms with van der Waals surface area (Å²) < 4.78 is 31.2. The predicted octanol–water partition coefficient (Wildman–Crippen LogP) is 2.44. The molecule has 0 saturated carbocycles. The Bertz CT molecular complexity index is 630. The van der Waals surface area contributed by atoms with Crippen molar-refractivity contribution < 1.29 is 18.3 Å². The van der Waals surface area contributed by atoms with E-state index in [1.54, 1.807) is 6.07 Å². The number of ether oxygens (including phenoxy) is 1. The van der Waals surface area contributed by atoms with Gasteiger partial charge in [0.2, 0.25) is 0 Å². The molecule has 0 unspecified atom stereocenters. The normalized spacial score (nSPS) is 10.2. The van der Waals surface area contributed by atoms with Crippen LogP contribution in [0.4, 0.5) is 14.5 Å². The molecule has 0 heterocycles. The van der Waals surface area contributed by atoms with Crippen LogP contribution in [0.3, 0.4) is 0 Å². The first-order chi connectivity index (χ1) is 10.1. The fourth-order valence-electron chi connectivity index (χ4n) is 1.70. The molecule has 0 aliphatic heterocycles. The van der Waals surface area contributed by atoms with Crippen LogP contribution >= 0.6 is 0 Å². The van der Waals surface area contributed by atoms with Crippen molar-refractivity contribution in [3.63, 3.8) is 0 Å². The SMILES string of the molecule is NCc1cc(F)cc(OCC(=O)Nc2ccc(F)cc2)c1. The Morgan fingerprint density at radius 3 is 2.48 bits per heavy atom. The van der Waals surface area contributed by atoms with Crippen molar-refractivity contribution in [2.24, 2.45) is 5.73 Å². The summed E-state index contributed by atoms with van der Waals surface area (Å²) in [6.07, 6.45) is 0. The summed E-state index contributed by atoms with van der Waals surface area (Å²) in [5.41, 5.74) is 6.45. The minimum absolute atomic E-state index is 0.176. The van der Waals surface area contributed by atoms with E-state index in [1.807, 2.05) is 0 Å². The molecule has 0 aliphatic rings. The second-order valence-electron chi connectivity index (χ2n) is 4.34. The van der Waals surface area contributed by atoms with Crippen molar-refractivity contribution in [1.82, 2.24) is 0 Å². The van der Waals surface area contributed by atoms with Crippen molar-refractivity contribution in [1.29, 1.82) is 0 Å². The zero-order valence-corrected chi connectivity index (χ0v) is 11.1. The van der Waals surface area contributed by atoms with E-state index in [4.69, 9.17) is 10.5 Å². The Balaban J connectivity index is 1.92. The van der Waals surface area contributed by atoms with Crippen LogP contribution in [0.1, 0.15) is 5.56 Å². The van der Waals surface area contributed by atoms with E-state index in [0.29, 0.717) is 11.3 Å². The lowest BCUT2D eigenvalue weighted by atomic mass is 10.2. The summed E-state index contributed by atoms with van der Waals surface area (Å²) in [5.74, 6) is -1.07. The lowest BCUT2D eigenvalue weighted by Crippen LogP contribution is -2.20. The predicted molar refractivity (Wildman–Crippen MR) is 74.8 cm³/mol. The van der Waals surface area contributed by atoms with E-state index in [1.165, 1.54) is 36.4 Å². The van der Waals surface area contributed by atoms with Crippen molar-refractivity contribution in [2.75, 3.05) is 11.9 Å². The number of hydrogen-bond donors (Lipinski definition) is 2. The van der Waals surface area contributed by atoms with E-state index in [0.717, 1.165) is 0 Å². The highest BCUT2D eigenvalue weighted by Gasteiger charge is 2.06. The first kappa shape index (κ1) is 14.9. The van der Waals surface area contributed by atoms with Crippen LogP contribution < -0.4 is 15.8 Å². The van der Waals surface area contributed by atoms with Crippen LogP contribution in [0, 0.1) is 11.6 Å². The Labute approximate surface area is 120 Å². The minimum atomic E-state index is -0.480. The van der Waals surface area contributed by atoms with E-state index in [9.17, 15) is 13.6 Å². The summed E-state index contributed by atoms with van der Waals surface area (Å²) in [4.78, 5) is 11.7. The number of anilines is 1. The lowest BCUT2D eigenvalue weighted by molar-refractivity contribution is -0.118. The number of nitrogens with two attached hydrogens (primary N) is 1. The van der Waals surface area contributed by atoms with Gasteiger partial charge in [-0.2, -0.15) is 0 Å². The zero-order valence-electron chi connectivity index (χ0n) is 11.1. The topological polar surface area (TPSA) is 64.3 Å². The third-order valence-electron chi connectivity index (χ3n) is 2.66. The van der Waals surface area contributed by atoms with Gasteiger partial charge in [-0.05, 0) is 42.0 Å². The van der Waals surface area contributed by atoms with E-state index in [2.05, 4.69) is 5.32 Å². The van der Waals surface area contributed by atoms with Gasteiger partial charge in [0, 0.05) is 18.3 Å². The molecular weight excluding hydrogens is 278 g/mol. The molecule has 2 aromatic carbocycles. The maximum absolute atomic E-state index is 13.3. The number of rotatable bonds is 5. The van der Waals surface area contributed by atoms with Gasteiger partial charge >= 0.3 is 0 Å². The highest BCUT2D eigenvalue weighted by molar-refractivity contribution is 5.91. The smallest absolute Gasteiger partial charge is 0.262 e. The largest absolute Gasteiger partial charge is 0.484 e. The highest BCUT2D eigenvalue weighted by Crippen LogP contribution is 2.16. The highest BCUT2D eigenvalue weighted by atomic mass is 19.1. The van der Waals surface area contributed by atoms with Gasteiger partial charge in [-0.25, -0.2) is 8.78 Å². The standard InChI is InChI=1S/C15H14F2N2O2/c16-11-1-3-13(4-2-11)19-15(20)9-21-14-6-10(8-18)5-12(17)7-14/h1-7H,8-9,18H2,(H,19,20). The average molecular weight is 292 g/mol. The molecule has 0 spiro atoms. The van der Waals surface area contributed by atoms with Crippen molar-refractivity contribution in [3.05, 3.63) is 59.7 Å². The Morgan fingerprint density at radius 1 is 1.10 bits per heavy atom. The summed E-state index contributed by atoms with van der Waals surface area (Å²) in [6, 6.07) is 9.36. The van der Waals surface area contributed by atoms with Gasteiger partial charge in [0.25, 0.3) is 5.91 Å². The molecule has 0 bridgehead atoms. The third-order valence-corrected chi connectivity index (χ3v) is 2.66.